The van der Waals surface area contributed by atoms with Crippen molar-refractivity contribution >= 4 is 5.78 Å². The largest absolute Gasteiger partial charge is 0.444 e. The lowest BCUT2D eigenvalue weighted by Crippen LogP contribution is -2.28. The maximum absolute atomic E-state index is 12.5. The third-order valence-electron chi connectivity index (χ3n) is 3.90. The van der Waals surface area contributed by atoms with Crippen molar-refractivity contribution < 1.29 is 22.7 Å². The number of allylic oxidation sites excluding steroid dienone is 3. The lowest BCUT2D eigenvalue weighted by atomic mass is 9.80. The molecule has 0 saturated heterocycles. The number of carbonyl (C=O) groups is 1. The highest BCUT2D eigenvalue weighted by Gasteiger charge is 2.39. The van der Waals surface area contributed by atoms with Gasteiger partial charge in [0.1, 0.15) is 23.9 Å². The van der Waals surface area contributed by atoms with E-state index in [1.54, 1.807) is 0 Å². The van der Waals surface area contributed by atoms with Gasteiger partial charge in [-0.1, -0.05) is 0 Å². The van der Waals surface area contributed by atoms with Gasteiger partial charge in [-0.2, -0.15) is 23.5 Å². The molecule has 0 radical (unpaired) electrons. The third kappa shape index (κ3) is 2.87. The van der Waals surface area contributed by atoms with Gasteiger partial charge in [0.25, 0.3) is 0 Å². The Morgan fingerprint density at radius 3 is 2.88 bits per heavy atom. The molecule has 2 heterocycles. The van der Waals surface area contributed by atoms with Gasteiger partial charge in [0.05, 0.1) is 11.6 Å². The van der Waals surface area contributed by atoms with E-state index in [9.17, 15) is 23.2 Å². The Labute approximate surface area is 135 Å². The number of nitrogens with two attached hydrogens (primary N) is 1. The van der Waals surface area contributed by atoms with E-state index in [0.717, 1.165) is 10.9 Å². The standard InChI is InChI=1S/C15H13F3N4O2/c16-15(17,18)7-22-5-4-9(21-22)12-8(6-19)14(20)24-11-3-1-2-10(23)13(11)12/h4-5,12H,1-3,7,20H2/t12-/m1/s1. The molecule has 0 fully saturated rings. The van der Waals surface area contributed by atoms with Gasteiger partial charge in [-0.25, -0.2) is 0 Å². The lowest BCUT2D eigenvalue weighted by molar-refractivity contribution is -0.142. The van der Waals surface area contributed by atoms with Crippen LogP contribution in [0.4, 0.5) is 13.2 Å². The maximum atomic E-state index is 12.5. The van der Waals surface area contributed by atoms with E-state index < -0.39 is 18.6 Å². The molecule has 0 amide bonds. The van der Waals surface area contributed by atoms with Gasteiger partial charge in [-0.3, -0.25) is 9.48 Å². The lowest BCUT2D eigenvalue weighted by Gasteiger charge is -2.29. The smallest absolute Gasteiger partial charge is 0.408 e. The van der Waals surface area contributed by atoms with Crippen molar-refractivity contribution in [3.63, 3.8) is 0 Å². The normalized spacial score (nSPS) is 21.4. The van der Waals surface area contributed by atoms with Gasteiger partial charge >= 0.3 is 6.18 Å². The molecule has 1 aliphatic carbocycles. The van der Waals surface area contributed by atoms with Crippen LogP contribution in [-0.4, -0.2) is 21.7 Å². The van der Waals surface area contributed by atoms with E-state index in [2.05, 4.69) is 5.10 Å². The van der Waals surface area contributed by atoms with Crippen LogP contribution in [0.3, 0.4) is 0 Å². The molecule has 0 spiro atoms. The summed E-state index contributed by atoms with van der Waals surface area (Å²) in [5, 5.41) is 13.2. The minimum Gasteiger partial charge on any atom is -0.444 e. The number of Topliss-reactive ketones (excluding diaryl/α,β-unsaturated/α-hetero) is 1. The van der Waals surface area contributed by atoms with E-state index >= 15 is 0 Å². The fourth-order valence-electron chi connectivity index (χ4n) is 2.96. The first-order chi connectivity index (χ1) is 11.3. The topological polar surface area (TPSA) is 93.9 Å². The summed E-state index contributed by atoms with van der Waals surface area (Å²) in [6, 6.07) is 3.25. The molecule has 0 bridgehead atoms. The minimum atomic E-state index is -4.42. The van der Waals surface area contributed by atoms with Crippen LogP contribution in [0.1, 0.15) is 30.9 Å². The molecule has 126 valence electrons. The van der Waals surface area contributed by atoms with Crippen LogP contribution >= 0.6 is 0 Å². The van der Waals surface area contributed by atoms with E-state index in [-0.39, 0.29) is 28.5 Å². The summed E-state index contributed by atoms with van der Waals surface area (Å²) in [4.78, 5) is 12.3. The number of carbonyl (C=O) groups excluding carboxylic acids is 1. The third-order valence-corrected chi connectivity index (χ3v) is 3.90. The summed E-state index contributed by atoms with van der Waals surface area (Å²) < 4.78 is 43.6. The number of ether oxygens (including phenoxy) is 1. The van der Waals surface area contributed by atoms with Gasteiger partial charge in [0, 0.05) is 24.6 Å². The molecule has 1 atom stereocenters. The molecule has 0 saturated carbocycles. The highest BCUT2D eigenvalue weighted by Crippen LogP contribution is 2.42. The van der Waals surface area contributed by atoms with Crippen molar-refractivity contribution in [3.05, 3.63) is 40.7 Å². The summed E-state index contributed by atoms with van der Waals surface area (Å²) in [6.07, 6.45) is -1.88. The zero-order chi connectivity index (χ0) is 17.5. The average molecular weight is 338 g/mol. The second kappa shape index (κ2) is 5.70. The fourth-order valence-corrected chi connectivity index (χ4v) is 2.96. The highest BCUT2D eigenvalue weighted by atomic mass is 19.4. The van der Waals surface area contributed by atoms with Crippen molar-refractivity contribution in [1.29, 1.82) is 5.26 Å². The van der Waals surface area contributed by atoms with Gasteiger partial charge in [-0.15, -0.1) is 0 Å². The number of hydrogen-bond donors (Lipinski definition) is 1. The molecular formula is C15H13F3N4O2. The minimum absolute atomic E-state index is 0.0127. The average Bonchev–Trinajstić information content (AvgIpc) is 2.92. The van der Waals surface area contributed by atoms with Crippen molar-refractivity contribution in [3.8, 4) is 6.07 Å². The van der Waals surface area contributed by atoms with E-state index in [1.807, 2.05) is 6.07 Å². The molecule has 1 aromatic rings. The summed E-state index contributed by atoms with van der Waals surface area (Å²) in [6.45, 7) is -1.25. The number of nitrogens with zero attached hydrogens (tertiary/aromatic N) is 3. The number of rotatable bonds is 2. The van der Waals surface area contributed by atoms with Crippen LogP contribution < -0.4 is 5.73 Å². The quantitative estimate of drug-likeness (QED) is 0.893. The molecule has 2 N–H and O–H groups in total. The summed E-state index contributed by atoms with van der Waals surface area (Å²) in [5.41, 5.74) is 6.18. The molecule has 6 nitrogen and oxygen atoms in total. The number of nitriles is 1. The van der Waals surface area contributed by atoms with Gasteiger partial charge in [0.15, 0.2) is 5.78 Å². The molecule has 2 aliphatic rings. The summed E-state index contributed by atoms with van der Waals surface area (Å²) in [5.74, 6) is -0.854. The number of ketones is 1. The molecule has 9 heteroatoms. The van der Waals surface area contributed by atoms with Crippen LogP contribution in [0.2, 0.25) is 0 Å². The van der Waals surface area contributed by atoms with Crippen LogP contribution in [0.25, 0.3) is 0 Å². The van der Waals surface area contributed by atoms with E-state index in [4.69, 9.17) is 10.5 Å². The van der Waals surface area contributed by atoms with Crippen LogP contribution in [0, 0.1) is 11.3 Å². The van der Waals surface area contributed by atoms with Gasteiger partial charge in [-0.05, 0) is 12.5 Å². The van der Waals surface area contributed by atoms with E-state index in [1.165, 1.54) is 6.07 Å². The first kappa shape index (κ1) is 16.1. The Kier molecular flexibility index (Phi) is 3.83. The fraction of sp³-hybridized carbons (Fsp3) is 0.400. The second-order valence-corrected chi connectivity index (χ2v) is 5.59. The molecule has 3 rings (SSSR count). The van der Waals surface area contributed by atoms with Crippen molar-refractivity contribution in [2.75, 3.05) is 0 Å². The summed E-state index contributed by atoms with van der Waals surface area (Å²) in [7, 11) is 0. The first-order valence-corrected chi connectivity index (χ1v) is 7.24. The Morgan fingerprint density at radius 1 is 1.46 bits per heavy atom. The molecule has 0 unspecified atom stereocenters. The zero-order valence-corrected chi connectivity index (χ0v) is 12.4. The van der Waals surface area contributed by atoms with Crippen molar-refractivity contribution in [1.82, 2.24) is 9.78 Å². The highest BCUT2D eigenvalue weighted by molar-refractivity contribution is 5.99. The van der Waals surface area contributed by atoms with Crippen molar-refractivity contribution in [2.45, 2.75) is 37.9 Å². The Hall–Kier alpha value is -2.76. The number of alkyl halides is 3. The van der Waals surface area contributed by atoms with Crippen molar-refractivity contribution in [2.24, 2.45) is 5.73 Å². The summed E-state index contributed by atoms with van der Waals surface area (Å²) >= 11 is 0. The predicted octanol–water partition coefficient (Wildman–Crippen LogP) is 2.26. The number of hydrogen-bond acceptors (Lipinski definition) is 5. The van der Waals surface area contributed by atoms with Crippen LogP contribution in [0.15, 0.2) is 35.1 Å². The molecule has 1 aromatic heterocycles. The molecule has 24 heavy (non-hydrogen) atoms. The maximum Gasteiger partial charge on any atom is 0.408 e. The van der Waals surface area contributed by atoms with E-state index in [0.29, 0.717) is 25.0 Å². The van der Waals surface area contributed by atoms with Crippen LogP contribution in [-0.2, 0) is 16.1 Å². The number of halogens is 3. The Bertz CT molecular complexity index is 798. The SMILES string of the molecule is N#CC1=C(N)OC2=C(C(=O)CCC2)[C@H]1c1ccn(CC(F)(F)F)n1. The van der Waals surface area contributed by atoms with Gasteiger partial charge < -0.3 is 10.5 Å². The molecular weight excluding hydrogens is 325 g/mol. The zero-order valence-electron chi connectivity index (χ0n) is 12.4. The Morgan fingerprint density at radius 2 is 2.21 bits per heavy atom. The molecule has 0 aromatic carbocycles. The van der Waals surface area contributed by atoms with Gasteiger partial charge in [0.2, 0.25) is 5.88 Å². The first-order valence-electron chi connectivity index (χ1n) is 7.24. The second-order valence-electron chi connectivity index (χ2n) is 5.59. The predicted molar refractivity (Wildman–Crippen MR) is 74.8 cm³/mol. The Balaban J connectivity index is 2.05. The monoisotopic (exact) mass is 338 g/mol. The molecule has 1 aliphatic heterocycles. The van der Waals surface area contributed by atoms with Crippen LogP contribution in [0.5, 0.6) is 0 Å². The number of aromatic nitrogens is 2.